The zero-order valence-electron chi connectivity index (χ0n) is 11.7. The number of fused-ring (bicyclic) bond motifs is 1. The number of aromatic carboxylic acids is 1. The van der Waals surface area contributed by atoms with Gasteiger partial charge >= 0.3 is 5.97 Å². The second-order valence-electron chi connectivity index (χ2n) is 5.19. The molecule has 0 bridgehead atoms. The van der Waals surface area contributed by atoms with Gasteiger partial charge in [0.25, 0.3) is 0 Å². The van der Waals surface area contributed by atoms with Gasteiger partial charge in [-0.15, -0.1) is 0 Å². The molecule has 1 fully saturated rings. The fourth-order valence-electron chi connectivity index (χ4n) is 2.96. The van der Waals surface area contributed by atoms with E-state index in [2.05, 4.69) is 23.4 Å². The summed E-state index contributed by atoms with van der Waals surface area (Å²) in [5, 5.41) is 9.08. The molecule has 0 amide bonds. The van der Waals surface area contributed by atoms with Crippen LogP contribution in [0.15, 0.2) is 18.2 Å². The van der Waals surface area contributed by atoms with Crippen molar-refractivity contribution in [1.29, 1.82) is 0 Å². The molecule has 1 aromatic carbocycles. The van der Waals surface area contributed by atoms with Crippen molar-refractivity contribution in [1.82, 2.24) is 9.55 Å². The fourth-order valence-corrected chi connectivity index (χ4v) is 2.96. The standard InChI is InChI=1S/C15H18N2O3/c1-3-14-16-11-8-10(15(18)19)4-5-13(11)17(14)12-6-7-20-9(12)2/h4-5,8-9,12H,3,6-7H2,1-2H3,(H,18,19). The predicted octanol–water partition coefficient (Wildman–Crippen LogP) is 2.65. The Kier molecular flexibility index (Phi) is 3.22. The molecule has 0 saturated carbocycles. The van der Waals surface area contributed by atoms with Crippen molar-refractivity contribution in [2.45, 2.75) is 38.8 Å². The molecule has 2 unspecified atom stereocenters. The van der Waals surface area contributed by atoms with E-state index in [1.165, 1.54) is 0 Å². The lowest BCUT2D eigenvalue weighted by atomic mass is 10.1. The van der Waals surface area contributed by atoms with E-state index < -0.39 is 5.97 Å². The molecule has 0 spiro atoms. The first-order chi connectivity index (χ1) is 9.61. The summed E-state index contributed by atoms with van der Waals surface area (Å²) in [4.78, 5) is 15.7. The van der Waals surface area contributed by atoms with Gasteiger partial charge in [0, 0.05) is 13.0 Å². The van der Waals surface area contributed by atoms with Crippen LogP contribution in [-0.4, -0.2) is 33.3 Å². The lowest BCUT2D eigenvalue weighted by molar-refractivity contribution is 0.0697. The predicted molar refractivity (Wildman–Crippen MR) is 75.1 cm³/mol. The third-order valence-electron chi connectivity index (χ3n) is 3.99. The van der Waals surface area contributed by atoms with Gasteiger partial charge in [-0.25, -0.2) is 9.78 Å². The Labute approximate surface area is 117 Å². The minimum Gasteiger partial charge on any atom is -0.478 e. The molecule has 20 heavy (non-hydrogen) atoms. The number of hydrogen-bond donors (Lipinski definition) is 1. The number of aryl methyl sites for hydroxylation is 1. The van der Waals surface area contributed by atoms with Crippen LogP contribution in [0, 0.1) is 0 Å². The van der Waals surface area contributed by atoms with Crippen molar-refractivity contribution in [2.75, 3.05) is 6.61 Å². The lowest BCUT2D eigenvalue weighted by Gasteiger charge is -2.19. The van der Waals surface area contributed by atoms with Gasteiger partial charge in [-0.2, -0.15) is 0 Å². The maximum absolute atomic E-state index is 11.1. The maximum atomic E-state index is 11.1. The van der Waals surface area contributed by atoms with Crippen LogP contribution < -0.4 is 0 Å². The fraction of sp³-hybridized carbons (Fsp3) is 0.467. The third kappa shape index (κ3) is 1.98. The first-order valence-corrected chi connectivity index (χ1v) is 6.97. The number of benzene rings is 1. The quantitative estimate of drug-likeness (QED) is 0.934. The molecule has 2 aromatic rings. The van der Waals surface area contributed by atoms with Crippen LogP contribution in [0.5, 0.6) is 0 Å². The normalized spacial score (nSPS) is 22.5. The summed E-state index contributed by atoms with van der Waals surface area (Å²) in [7, 11) is 0. The molecule has 3 rings (SSSR count). The lowest BCUT2D eigenvalue weighted by Crippen LogP contribution is -2.18. The third-order valence-corrected chi connectivity index (χ3v) is 3.99. The van der Waals surface area contributed by atoms with Gasteiger partial charge in [-0.1, -0.05) is 6.92 Å². The van der Waals surface area contributed by atoms with Crippen molar-refractivity contribution < 1.29 is 14.6 Å². The molecule has 106 valence electrons. The van der Waals surface area contributed by atoms with Crippen LogP contribution in [0.2, 0.25) is 0 Å². The summed E-state index contributed by atoms with van der Waals surface area (Å²) in [5.74, 6) is 0.0713. The summed E-state index contributed by atoms with van der Waals surface area (Å²) in [6, 6.07) is 5.43. The summed E-state index contributed by atoms with van der Waals surface area (Å²) < 4.78 is 7.88. The molecule has 1 N–H and O–H groups in total. The van der Waals surface area contributed by atoms with Crippen molar-refractivity contribution in [3.05, 3.63) is 29.6 Å². The monoisotopic (exact) mass is 274 g/mol. The zero-order valence-corrected chi connectivity index (χ0v) is 11.7. The highest BCUT2D eigenvalue weighted by Crippen LogP contribution is 2.31. The Morgan fingerprint density at radius 1 is 1.55 bits per heavy atom. The highest BCUT2D eigenvalue weighted by atomic mass is 16.5. The first-order valence-electron chi connectivity index (χ1n) is 6.97. The number of carboxylic acid groups (broad SMARTS) is 1. The number of hydrogen-bond acceptors (Lipinski definition) is 3. The number of carbonyl (C=O) groups is 1. The number of rotatable bonds is 3. The number of carboxylic acids is 1. The topological polar surface area (TPSA) is 64.3 Å². The largest absolute Gasteiger partial charge is 0.478 e. The Bertz CT molecular complexity index is 662. The van der Waals surface area contributed by atoms with Gasteiger partial charge in [0.15, 0.2) is 0 Å². The molecule has 2 heterocycles. The van der Waals surface area contributed by atoms with Gasteiger partial charge in [0.05, 0.1) is 28.7 Å². The smallest absolute Gasteiger partial charge is 0.335 e. The molecule has 0 aliphatic carbocycles. The maximum Gasteiger partial charge on any atom is 0.335 e. The van der Waals surface area contributed by atoms with E-state index in [9.17, 15) is 4.79 Å². The van der Waals surface area contributed by atoms with Crippen LogP contribution in [0.4, 0.5) is 0 Å². The highest BCUT2D eigenvalue weighted by Gasteiger charge is 2.29. The molecular formula is C15H18N2O3. The molecule has 1 aliphatic heterocycles. The van der Waals surface area contributed by atoms with Gasteiger partial charge in [0.1, 0.15) is 5.82 Å². The molecule has 5 heteroatoms. The first kappa shape index (κ1) is 13.1. The number of ether oxygens (including phenoxy) is 1. The van der Waals surface area contributed by atoms with Crippen LogP contribution in [0.1, 0.15) is 42.5 Å². The minimum absolute atomic E-state index is 0.164. The van der Waals surface area contributed by atoms with Crippen LogP contribution in [0.25, 0.3) is 11.0 Å². The summed E-state index contributed by atoms with van der Waals surface area (Å²) in [5.41, 5.74) is 2.02. The second-order valence-corrected chi connectivity index (χ2v) is 5.19. The Balaban J connectivity index is 2.17. The Morgan fingerprint density at radius 2 is 2.35 bits per heavy atom. The average molecular weight is 274 g/mol. The molecule has 2 atom stereocenters. The van der Waals surface area contributed by atoms with Crippen molar-refractivity contribution in [2.24, 2.45) is 0 Å². The molecule has 1 aliphatic rings. The van der Waals surface area contributed by atoms with E-state index in [0.29, 0.717) is 0 Å². The summed E-state index contributed by atoms with van der Waals surface area (Å²) >= 11 is 0. The number of aromatic nitrogens is 2. The average Bonchev–Trinajstić information content (AvgIpc) is 3.00. The van der Waals surface area contributed by atoms with E-state index in [1.54, 1.807) is 12.1 Å². The van der Waals surface area contributed by atoms with Gasteiger partial charge in [-0.3, -0.25) is 0 Å². The summed E-state index contributed by atoms with van der Waals surface area (Å²) in [6.07, 6.45) is 1.96. The molecule has 1 saturated heterocycles. The van der Waals surface area contributed by atoms with Crippen molar-refractivity contribution in [3.8, 4) is 0 Å². The molecule has 0 radical (unpaired) electrons. The van der Waals surface area contributed by atoms with Crippen molar-refractivity contribution >= 4 is 17.0 Å². The second kappa shape index (κ2) is 4.90. The van der Waals surface area contributed by atoms with E-state index in [0.717, 1.165) is 36.3 Å². The molecular weight excluding hydrogens is 256 g/mol. The van der Waals surface area contributed by atoms with Crippen LogP contribution in [-0.2, 0) is 11.2 Å². The molecule has 5 nitrogen and oxygen atoms in total. The van der Waals surface area contributed by atoms with Crippen LogP contribution >= 0.6 is 0 Å². The van der Waals surface area contributed by atoms with Gasteiger partial charge in [0.2, 0.25) is 0 Å². The van der Waals surface area contributed by atoms with Crippen LogP contribution in [0.3, 0.4) is 0 Å². The van der Waals surface area contributed by atoms with E-state index >= 15 is 0 Å². The van der Waals surface area contributed by atoms with E-state index in [4.69, 9.17) is 9.84 Å². The van der Waals surface area contributed by atoms with E-state index in [-0.39, 0.29) is 17.7 Å². The van der Waals surface area contributed by atoms with Gasteiger partial charge in [-0.05, 0) is 31.5 Å². The zero-order chi connectivity index (χ0) is 14.3. The highest BCUT2D eigenvalue weighted by molar-refractivity contribution is 5.92. The Hall–Kier alpha value is -1.88. The van der Waals surface area contributed by atoms with Crippen molar-refractivity contribution in [3.63, 3.8) is 0 Å². The Morgan fingerprint density at radius 3 is 2.95 bits per heavy atom. The van der Waals surface area contributed by atoms with E-state index in [1.807, 2.05) is 6.07 Å². The molecule has 1 aromatic heterocycles. The summed E-state index contributed by atoms with van der Waals surface area (Å²) in [6.45, 7) is 4.91. The minimum atomic E-state index is -0.919. The van der Waals surface area contributed by atoms with Gasteiger partial charge < -0.3 is 14.4 Å². The number of nitrogens with zero attached hydrogens (tertiary/aromatic N) is 2. The SMILES string of the molecule is CCc1nc2cc(C(=O)O)ccc2n1C1CCOC1C. The number of imidazole rings is 1.